The van der Waals surface area contributed by atoms with E-state index in [9.17, 15) is 8.78 Å². The molecule has 0 spiro atoms. The van der Waals surface area contributed by atoms with Gasteiger partial charge >= 0.3 is 0 Å². The van der Waals surface area contributed by atoms with Gasteiger partial charge in [0.15, 0.2) is 5.82 Å². The number of hydrogen-bond donors (Lipinski definition) is 2. The predicted molar refractivity (Wildman–Crippen MR) is 55.9 cm³/mol. The second kappa shape index (κ2) is 4.02. The van der Waals surface area contributed by atoms with Crippen molar-refractivity contribution in [3.05, 3.63) is 23.8 Å². The topological polar surface area (TPSA) is 41.3 Å². The molecule has 1 fully saturated rings. The van der Waals surface area contributed by atoms with Gasteiger partial charge in [0.05, 0.1) is 11.4 Å². The Hall–Kier alpha value is -1.36. The van der Waals surface area contributed by atoms with E-state index >= 15 is 0 Å². The molecule has 5 heteroatoms. The monoisotopic (exact) mass is 213 g/mol. The molecule has 2 rings (SSSR count). The van der Waals surface area contributed by atoms with Crippen LogP contribution in [0.1, 0.15) is 0 Å². The highest BCUT2D eigenvalue weighted by atomic mass is 19.1. The maximum Gasteiger partial charge on any atom is 0.151 e. The minimum atomic E-state index is -0.691. The standard InChI is InChI=1S/C10H13F2N3/c11-7-5-8(12)10(13)9(6-7)15-3-1-14-2-4-15/h5-6,14H,1-4,13H2. The maximum atomic E-state index is 13.2. The number of anilines is 2. The van der Waals surface area contributed by atoms with E-state index in [4.69, 9.17) is 5.73 Å². The number of piperazine rings is 1. The van der Waals surface area contributed by atoms with Crippen LogP contribution in [0.5, 0.6) is 0 Å². The summed E-state index contributed by atoms with van der Waals surface area (Å²) in [7, 11) is 0. The van der Waals surface area contributed by atoms with Crippen molar-refractivity contribution in [2.24, 2.45) is 0 Å². The summed E-state index contributed by atoms with van der Waals surface area (Å²) in [6, 6.07) is 2.09. The van der Waals surface area contributed by atoms with Gasteiger partial charge in [-0.25, -0.2) is 8.78 Å². The van der Waals surface area contributed by atoms with Crippen molar-refractivity contribution < 1.29 is 8.78 Å². The van der Waals surface area contributed by atoms with Crippen molar-refractivity contribution >= 4 is 11.4 Å². The van der Waals surface area contributed by atoms with Gasteiger partial charge in [0.25, 0.3) is 0 Å². The van der Waals surface area contributed by atoms with Crippen LogP contribution in [-0.2, 0) is 0 Å². The number of nitrogens with zero attached hydrogens (tertiary/aromatic N) is 1. The van der Waals surface area contributed by atoms with Gasteiger partial charge in [-0.05, 0) is 6.07 Å². The largest absolute Gasteiger partial charge is 0.395 e. The third-order valence-corrected chi connectivity index (χ3v) is 2.53. The number of benzene rings is 1. The van der Waals surface area contributed by atoms with Gasteiger partial charge in [-0.3, -0.25) is 0 Å². The molecule has 3 nitrogen and oxygen atoms in total. The second-order valence-electron chi connectivity index (χ2n) is 3.56. The Balaban J connectivity index is 2.33. The maximum absolute atomic E-state index is 13.2. The fourth-order valence-corrected chi connectivity index (χ4v) is 1.74. The third-order valence-electron chi connectivity index (χ3n) is 2.53. The number of nitrogens with one attached hydrogen (secondary N) is 1. The van der Waals surface area contributed by atoms with E-state index in [2.05, 4.69) is 5.32 Å². The summed E-state index contributed by atoms with van der Waals surface area (Å²) >= 11 is 0. The molecule has 0 aliphatic carbocycles. The molecule has 1 saturated heterocycles. The van der Waals surface area contributed by atoms with Gasteiger partial charge in [-0.15, -0.1) is 0 Å². The first-order valence-electron chi connectivity index (χ1n) is 4.88. The molecule has 0 radical (unpaired) electrons. The molecule has 3 N–H and O–H groups in total. The first kappa shape index (κ1) is 10.2. The van der Waals surface area contributed by atoms with Gasteiger partial charge < -0.3 is 16.0 Å². The van der Waals surface area contributed by atoms with Gasteiger partial charge in [0.2, 0.25) is 0 Å². The van der Waals surface area contributed by atoms with Crippen LogP contribution in [0.4, 0.5) is 20.2 Å². The Bertz CT molecular complexity index is 362. The zero-order valence-electron chi connectivity index (χ0n) is 8.26. The van der Waals surface area contributed by atoms with E-state index in [-0.39, 0.29) is 5.69 Å². The zero-order valence-corrected chi connectivity index (χ0v) is 8.26. The highest BCUT2D eigenvalue weighted by molar-refractivity contribution is 5.68. The molecular weight excluding hydrogens is 200 g/mol. The Kier molecular flexibility index (Phi) is 2.73. The normalized spacial score (nSPS) is 16.8. The first-order valence-corrected chi connectivity index (χ1v) is 4.88. The molecule has 1 heterocycles. The molecule has 0 bridgehead atoms. The summed E-state index contributed by atoms with van der Waals surface area (Å²) in [6.07, 6.45) is 0. The molecule has 15 heavy (non-hydrogen) atoms. The zero-order chi connectivity index (χ0) is 10.8. The average molecular weight is 213 g/mol. The van der Waals surface area contributed by atoms with Gasteiger partial charge in [0.1, 0.15) is 5.82 Å². The lowest BCUT2D eigenvalue weighted by Crippen LogP contribution is -2.43. The minimum Gasteiger partial charge on any atom is -0.395 e. The number of rotatable bonds is 1. The van der Waals surface area contributed by atoms with Gasteiger partial charge in [0, 0.05) is 32.2 Å². The quantitative estimate of drug-likeness (QED) is 0.683. The van der Waals surface area contributed by atoms with Crippen molar-refractivity contribution in [1.29, 1.82) is 0 Å². The minimum absolute atomic E-state index is 0.0262. The number of halogens is 2. The van der Waals surface area contributed by atoms with Crippen LogP contribution in [0.3, 0.4) is 0 Å². The number of nitrogens with two attached hydrogens (primary N) is 1. The van der Waals surface area contributed by atoms with E-state index in [1.165, 1.54) is 6.07 Å². The van der Waals surface area contributed by atoms with Crippen LogP contribution < -0.4 is 16.0 Å². The lowest BCUT2D eigenvalue weighted by molar-refractivity contribution is 0.570. The second-order valence-corrected chi connectivity index (χ2v) is 3.56. The van der Waals surface area contributed by atoms with E-state index in [0.29, 0.717) is 18.8 Å². The van der Waals surface area contributed by atoms with Crippen LogP contribution >= 0.6 is 0 Å². The molecule has 1 aromatic carbocycles. The molecule has 1 aliphatic heterocycles. The fourth-order valence-electron chi connectivity index (χ4n) is 1.74. The molecule has 0 amide bonds. The van der Waals surface area contributed by atoms with Crippen molar-refractivity contribution in [2.45, 2.75) is 0 Å². The van der Waals surface area contributed by atoms with Crippen LogP contribution in [0.15, 0.2) is 12.1 Å². The molecule has 82 valence electrons. The lowest BCUT2D eigenvalue weighted by atomic mass is 10.2. The predicted octanol–water partition coefficient (Wildman–Crippen LogP) is 0.957. The molecule has 0 unspecified atom stereocenters. The van der Waals surface area contributed by atoms with Crippen LogP contribution in [-0.4, -0.2) is 26.2 Å². The fraction of sp³-hybridized carbons (Fsp3) is 0.400. The van der Waals surface area contributed by atoms with Gasteiger partial charge in [-0.2, -0.15) is 0 Å². The van der Waals surface area contributed by atoms with Crippen molar-refractivity contribution in [2.75, 3.05) is 36.8 Å². The van der Waals surface area contributed by atoms with Crippen molar-refractivity contribution in [1.82, 2.24) is 5.32 Å². The Labute approximate surface area is 86.9 Å². The Morgan fingerprint density at radius 3 is 2.53 bits per heavy atom. The van der Waals surface area contributed by atoms with Gasteiger partial charge in [-0.1, -0.05) is 0 Å². The smallest absolute Gasteiger partial charge is 0.151 e. The summed E-state index contributed by atoms with van der Waals surface area (Å²) in [5.41, 5.74) is 6.06. The van der Waals surface area contributed by atoms with Crippen LogP contribution in [0.25, 0.3) is 0 Å². The first-order chi connectivity index (χ1) is 7.18. The molecule has 1 aliphatic rings. The Morgan fingerprint density at radius 2 is 1.87 bits per heavy atom. The third kappa shape index (κ3) is 2.02. The summed E-state index contributed by atoms with van der Waals surface area (Å²) in [5.74, 6) is -1.28. The highest BCUT2D eigenvalue weighted by Gasteiger charge is 2.16. The molecule has 1 aromatic rings. The molecule has 0 aromatic heterocycles. The van der Waals surface area contributed by atoms with Crippen LogP contribution in [0.2, 0.25) is 0 Å². The number of nitrogen functional groups attached to an aromatic ring is 1. The van der Waals surface area contributed by atoms with Crippen molar-refractivity contribution in [3.63, 3.8) is 0 Å². The molecule has 0 atom stereocenters. The lowest BCUT2D eigenvalue weighted by Gasteiger charge is -2.30. The van der Waals surface area contributed by atoms with E-state index in [0.717, 1.165) is 19.2 Å². The van der Waals surface area contributed by atoms with Crippen molar-refractivity contribution in [3.8, 4) is 0 Å². The molecule has 0 saturated carbocycles. The summed E-state index contributed by atoms with van der Waals surface area (Å²) in [6.45, 7) is 3.04. The van der Waals surface area contributed by atoms with Crippen LogP contribution in [0, 0.1) is 11.6 Å². The van der Waals surface area contributed by atoms with E-state index < -0.39 is 11.6 Å². The van der Waals surface area contributed by atoms with E-state index in [1.807, 2.05) is 4.90 Å². The average Bonchev–Trinajstić information content (AvgIpc) is 2.24. The molecular formula is C10H13F2N3. The number of hydrogen-bond acceptors (Lipinski definition) is 3. The summed E-state index contributed by atoms with van der Waals surface area (Å²) in [4.78, 5) is 1.89. The SMILES string of the molecule is Nc1c(F)cc(F)cc1N1CCNCC1. The van der Waals surface area contributed by atoms with E-state index in [1.54, 1.807) is 0 Å². The summed E-state index contributed by atoms with van der Waals surface area (Å²) in [5, 5.41) is 3.16. The Morgan fingerprint density at radius 1 is 1.20 bits per heavy atom. The highest BCUT2D eigenvalue weighted by Crippen LogP contribution is 2.27. The summed E-state index contributed by atoms with van der Waals surface area (Å²) < 4.78 is 26.2.